The molecule has 0 radical (unpaired) electrons. The lowest BCUT2D eigenvalue weighted by Gasteiger charge is -2.05. The largest absolute Gasteiger partial charge is 0.493 e. The Labute approximate surface area is 197 Å². The van der Waals surface area contributed by atoms with Crippen LogP contribution in [-0.4, -0.2) is 68.1 Å². The lowest BCUT2D eigenvalue weighted by molar-refractivity contribution is 0.165. The standard InChI is InChI=1S/C10H11FO2.C10H12O2.2C3H8O/c1-12-5-7-6-13-10-3-2-8(11)4-9(7)10;1-11-6-8-7-12-10-5-3-2-4-9(8)10;2*1-3-4-2/h2-4,7H,5-6H2,1H3;2-5,8H,6-7H2,1H3;2*3H2,1-2H3/t7-;8-;;/m00../s1. The Hall–Kier alpha value is -2.19. The van der Waals surface area contributed by atoms with Crippen LogP contribution in [0.1, 0.15) is 36.8 Å². The molecule has 0 amide bonds. The van der Waals surface area contributed by atoms with E-state index < -0.39 is 0 Å². The van der Waals surface area contributed by atoms with Gasteiger partial charge in [0, 0.05) is 64.6 Å². The smallest absolute Gasteiger partial charge is 0.123 e. The van der Waals surface area contributed by atoms with Crippen LogP contribution in [0.25, 0.3) is 0 Å². The van der Waals surface area contributed by atoms with E-state index >= 15 is 0 Å². The van der Waals surface area contributed by atoms with Crippen molar-refractivity contribution in [3.63, 3.8) is 0 Å². The number of ether oxygens (including phenoxy) is 6. The third-order valence-corrected chi connectivity index (χ3v) is 4.96. The second-order valence-corrected chi connectivity index (χ2v) is 7.30. The van der Waals surface area contributed by atoms with E-state index in [4.69, 9.17) is 18.9 Å². The van der Waals surface area contributed by atoms with Crippen LogP contribution in [0.5, 0.6) is 11.5 Å². The first-order valence-corrected chi connectivity index (χ1v) is 11.2. The summed E-state index contributed by atoms with van der Waals surface area (Å²) >= 11 is 0. The van der Waals surface area contributed by atoms with E-state index in [9.17, 15) is 4.39 Å². The molecule has 2 aliphatic rings. The first-order valence-electron chi connectivity index (χ1n) is 11.2. The van der Waals surface area contributed by atoms with Crippen molar-refractivity contribution in [2.45, 2.75) is 25.7 Å². The molecular formula is C26H39FO6. The number of para-hydroxylation sites is 1. The molecule has 7 heteroatoms. The van der Waals surface area contributed by atoms with Gasteiger partial charge in [0.2, 0.25) is 0 Å². The fourth-order valence-electron chi connectivity index (χ4n) is 3.16. The fourth-order valence-corrected chi connectivity index (χ4v) is 3.16. The lowest BCUT2D eigenvalue weighted by atomic mass is 10.0. The monoisotopic (exact) mass is 466 g/mol. The summed E-state index contributed by atoms with van der Waals surface area (Å²) in [6, 6.07) is 12.7. The van der Waals surface area contributed by atoms with E-state index in [0.29, 0.717) is 19.1 Å². The van der Waals surface area contributed by atoms with Crippen molar-refractivity contribution >= 4 is 0 Å². The van der Waals surface area contributed by atoms with Gasteiger partial charge in [0.25, 0.3) is 0 Å². The highest BCUT2D eigenvalue weighted by Gasteiger charge is 2.24. The minimum Gasteiger partial charge on any atom is -0.493 e. The molecule has 2 aromatic rings. The molecule has 0 unspecified atom stereocenters. The Morgan fingerprint density at radius 3 is 1.73 bits per heavy atom. The number of hydrogen-bond acceptors (Lipinski definition) is 6. The van der Waals surface area contributed by atoms with Crippen molar-refractivity contribution in [1.82, 2.24) is 0 Å². The van der Waals surface area contributed by atoms with Gasteiger partial charge < -0.3 is 28.4 Å². The molecular weight excluding hydrogens is 427 g/mol. The summed E-state index contributed by atoms with van der Waals surface area (Å²) in [6.45, 7) is 8.23. The van der Waals surface area contributed by atoms with Crippen LogP contribution < -0.4 is 9.47 Å². The van der Waals surface area contributed by atoms with Crippen molar-refractivity contribution in [3.8, 4) is 11.5 Å². The molecule has 2 aliphatic heterocycles. The molecule has 4 rings (SSSR count). The molecule has 0 saturated carbocycles. The number of hydrogen-bond donors (Lipinski definition) is 0. The zero-order valence-electron chi connectivity index (χ0n) is 20.8. The molecule has 0 saturated heterocycles. The van der Waals surface area contributed by atoms with Crippen LogP contribution in [0.4, 0.5) is 4.39 Å². The summed E-state index contributed by atoms with van der Waals surface area (Å²) in [5.41, 5.74) is 2.20. The Bertz CT molecular complexity index is 758. The number of benzene rings is 2. The normalized spacial score (nSPS) is 16.9. The molecule has 0 aliphatic carbocycles. The van der Waals surface area contributed by atoms with Gasteiger partial charge in [-0.05, 0) is 38.1 Å². The molecule has 2 aromatic carbocycles. The molecule has 2 heterocycles. The Balaban J connectivity index is 0.000000252. The maximum atomic E-state index is 12.9. The molecule has 33 heavy (non-hydrogen) atoms. The third kappa shape index (κ3) is 10.1. The third-order valence-electron chi connectivity index (χ3n) is 4.96. The van der Waals surface area contributed by atoms with Crippen LogP contribution in [0.3, 0.4) is 0 Å². The molecule has 6 nitrogen and oxygen atoms in total. The van der Waals surface area contributed by atoms with Gasteiger partial charge in [-0.3, -0.25) is 0 Å². The number of methoxy groups -OCH3 is 4. The quantitative estimate of drug-likeness (QED) is 0.593. The van der Waals surface area contributed by atoms with Crippen molar-refractivity contribution in [2.24, 2.45) is 0 Å². The average molecular weight is 467 g/mol. The second kappa shape index (κ2) is 17.3. The van der Waals surface area contributed by atoms with Gasteiger partial charge >= 0.3 is 0 Å². The van der Waals surface area contributed by atoms with Gasteiger partial charge in [-0.2, -0.15) is 0 Å². The van der Waals surface area contributed by atoms with Crippen molar-refractivity contribution in [1.29, 1.82) is 0 Å². The lowest BCUT2D eigenvalue weighted by Crippen LogP contribution is -2.07. The number of halogens is 1. The maximum absolute atomic E-state index is 12.9. The van der Waals surface area contributed by atoms with Crippen LogP contribution in [0, 0.1) is 5.82 Å². The minimum atomic E-state index is -0.217. The van der Waals surface area contributed by atoms with E-state index in [-0.39, 0.29) is 11.7 Å². The van der Waals surface area contributed by atoms with Crippen LogP contribution in [0.2, 0.25) is 0 Å². The second-order valence-electron chi connectivity index (χ2n) is 7.30. The van der Waals surface area contributed by atoms with Gasteiger partial charge in [0.05, 0.1) is 26.4 Å². The van der Waals surface area contributed by atoms with Gasteiger partial charge in [-0.1, -0.05) is 18.2 Å². The van der Waals surface area contributed by atoms with Gasteiger partial charge in [-0.25, -0.2) is 4.39 Å². The summed E-state index contributed by atoms with van der Waals surface area (Å²) in [6.07, 6.45) is 0. The van der Waals surface area contributed by atoms with Crippen molar-refractivity contribution < 1.29 is 32.8 Å². The summed E-state index contributed by atoms with van der Waals surface area (Å²) in [4.78, 5) is 0. The van der Waals surface area contributed by atoms with Gasteiger partial charge in [-0.15, -0.1) is 0 Å². The summed E-state index contributed by atoms with van der Waals surface area (Å²) in [7, 11) is 6.72. The molecule has 0 bridgehead atoms. The van der Waals surface area contributed by atoms with Gasteiger partial charge in [0.1, 0.15) is 17.3 Å². The van der Waals surface area contributed by atoms with Crippen LogP contribution in [-0.2, 0) is 18.9 Å². The average Bonchev–Trinajstić information content (AvgIpc) is 3.44. The summed E-state index contributed by atoms with van der Waals surface area (Å²) < 4.78 is 42.9. The predicted octanol–water partition coefficient (Wildman–Crippen LogP) is 5.06. The molecule has 2 atom stereocenters. The summed E-state index contributed by atoms with van der Waals surface area (Å²) in [5.74, 6) is 2.18. The van der Waals surface area contributed by atoms with E-state index in [1.165, 1.54) is 17.7 Å². The Morgan fingerprint density at radius 1 is 0.727 bits per heavy atom. The van der Waals surface area contributed by atoms with Crippen LogP contribution >= 0.6 is 0 Å². The maximum Gasteiger partial charge on any atom is 0.123 e. The molecule has 0 aromatic heterocycles. The van der Waals surface area contributed by atoms with Gasteiger partial charge in [0.15, 0.2) is 0 Å². The highest BCUT2D eigenvalue weighted by molar-refractivity contribution is 5.40. The number of rotatable bonds is 6. The van der Waals surface area contributed by atoms with Crippen LogP contribution in [0.15, 0.2) is 42.5 Å². The number of fused-ring (bicyclic) bond motifs is 2. The minimum absolute atomic E-state index is 0.177. The summed E-state index contributed by atoms with van der Waals surface area (Å²) in [5, 5.41) is 0. The predicted molar refractivity (Wildman–Crippen MR) is 128 cm³/mol. The molecule has 186 valence electrons. The highest BCUT2D eigenvalue weighted by Crippen LogP contribution is 2.34. The Morgan fingerprint density at radius 2 is 1.21 bits per heavy atom. The van der Waals surface area contributed by atoms with E-state index in [1.807, 2.05) is 32.0 Å². The SMILES string of the molecule is CCOC.CCOC.COC[C@H]1COc2ccc(F)cc21.COC[C@H]1COc2ccccc21. The van der Waals surface area contributed by atoms with E-state index in [2.05, 4.69) is 15.5 Å². The van der Waals surface area contributed by atoms with Crippen molar-refractivity contribution in [2.75, 3.05) is 68.1 Å². The highest BCUT2D eigenvalue weighted by atomic mass is 19.1. The Kier molecular flexibility index (Phi) is 15.1. The van der Waals surface area contributed by atoms with E-state index in [0.717, 1.165) is 43.5 Å². The van der Waals surface area contributed by atoms with Crippen molar-refractivity contribution in [3.05, 3.63) is 59.4 Å². The zero-order chi connectivity index (χ0) is 24.5. The topological polar surface area (TPSA) is 55.4 Å². The molecule has 0 spiro atoms. The fraction of sp³-hybridized carbons (Fsp3) is 0.538. The zero-order valence-corrected chi connectivity index (χ0v) is 20.8. The first kappa shape index (κ1) is 28.8. The first-order chi connectivity index (χ1) is 16.1. The van der Waals surface area contributed by atoms with E-state index in [1.54, 1.807) is 34.5 Å². The molecule has 0 N–H and O–H groups in total. The molecule has 0 fully saturated rings.